The lowest BCUT2D eigenvalue weighted by Gasteiger charge is -2.45. The highest BCUT2D eigenvalue weighted by atomic mass is 35.5. The van der Waals surface area contributed by atoms with Crippen molar-refractivity contribution in [2.45, 2.75) is 19.4 Å². The Kier molecular flexibility index (Phi) is 3.60. The van der Waals surface area contributed by atoms with Gasteiger partial charge in [0.25, 0.3) is 0 Å². The Hall–Kier alpha value is -1.82. The Labute approximate surface area is 122 Å². The number of aromatic carboxylic acids is 1. The molecule has 0 bridgehead atoms. The van der Waals surface area contributed by atoms with E-state index in [9.17, 15) is 9.59 Å². The fourth-order valence-corrected chi connectivity index (χ4v) is 2.54. The van der Waals surface area contributed by atoms with Crippen LogP contribution in [0.3, 0.4) is 0 Å². The second-order valence-electron chi connectivity index (χ2n) is 5.26. The van der Waals surface area contributed by atoms with Crippen molar-refractivity contribution in [3.8, 4) is 0 Å². The van der Waals surface area contributed by atoms with Gasteiger partial charge in [-0.3, -0.25) is 4.79 Å². The quantitative estimate of drug-likeness (QED) is 0.895. The van der Waals surface area contributed by atoms with E-state index in [0.717, 1.165) is 0 Å². The molecule has 2 rings (SSSR count). The van der Waals surface area contributed by atoms with E-state index >= 15 is 0 Å². The molecule has 6 nitrogen and oxygen atoms in total. The van der Waals surface area contributed by atoms with Gasteiger partial charge in [-0.05, 0) is 19.9 Å². The number of pyridine rings is 1. The molecule has 0 aromatic carbocycles. The van der Waals surface area contributed by atoms with Gasteiger partial charge in [-0.25, -0.2) is 9.78 Å². The molecule has 0 atom stereocenters. The molecule has 0 aliphatic carbocycles. The van der Waals surface area contributed by atoms with E-state index in [1.54, 1.807) is 30.7 Å². The van der Waals surface area contributed by atoms with Crippen molar-refractivity contribution in [2.75, 3.05) is 25.0 Å². The maximum Gasteiger partial charge on any atom is 0.337 e. The number of carboxylic acids is 1. The van der Waals surface area contributed by atoms with Gasteiger partial charge in [0.05, 0.1) is 10.6 Å². The molecular formula is C13H16ClN3O3. The summed E-state index contributed by atoms with van der Waals surface area (Å²) in [6.07, 6.45) is 1.30. The maximum absolute atomic E-state index is 12.2. The van der Waals surface area contributed by atoms with Crippen molar-refractivity contribution in [1.82, 2.24) is 9.88 Å². The lowest BCUT2D eigenvalue weighted by atomic mass is 9.97. The van der Waals surface area contributed by atoms with E-state index in [-0.39, 0.29) is 16.5 Å². The largest absolute Gasteiger partial charge is 0.478 e. The van der Waals surface area contributed by atoms with E-state index in [4.69, 9.17) is 16.7 Å². The van der Waals surface area contributed by atoms with E-state index < -0.39 is 11.5 Å². The highest BCUT2D eigenvalue weighted by Gasteiger charge is 2.41. The molecule has 1 aliphatic rings. The molecule has 1 aromatic rings. The average Bonchev–Trinajstić information content (AvgIpc) is 2.37. The molecule has 1 aromatic heterocycles. The van der Waals surface area contributed by atoms with Crippen LogP contribution in [0.15, 0.2) is 12.3 Å². The zero-order valence-electron chi connectivity index (χ0n) is 11.6. The number of halogens is 1. The molecule has 0 radical (unpaired) electrons. The van der Waals surface area contributed by atoms with E-state index in [1.807, 2.05) is 0 Å². The molecular weight excluding hydrogens is 282 g/mol. The van der Waals surface area contributed by atoms with Gasteiger partial charge in [0.15, 0.2) is 0 Å². The second-order valence-corrected chi connectivity index (χ2v) is 5.67. The third-order valence-corrected chi connectivity index (χ3v) is 3.85. The molecule has 20 heavy (non-hydrogen) atoms. The Balaban J connectivity index is 2.43. The first-order chi connectivity index (χ1) is 9.25. The number of nitrogens with zero attached hydrogens (tertiary/aromatic N) is 3. The summed E-state index contributed by atoms with van der Waals surface area (Å²) in [5.41, 5.74) is -0.789. The van der Waals surface area contributed by atoms with Crippen LogP contribution in [0, 0.1) is 0 Å². The van der Waals surface area contributed by atoms with Crippen LogP contribution < -0.4 is 4.90 Å². The Bertz CT molecular complexity index is 574. The van der Waals surface area contributed by atoms with Gasteiger partial charge >= 0.3 is 5.97 Å². The number of carbonyl (C=O) groups is 2. The van der Waals surface area contributed by atoms with Gasteiger partial charge in [-0.1, -0.05) is 11.6 Å². The monoisotopic (exact) mass is 297 g/mol. The molecule has 0 spiro atoms. The number of piperazine rings is 1. The molecule has 0 saturated carbocycles. The second kappa shape index (κ2) is 4.94. The van der Waals surface area contributed by atoms with Crippen molar-refractivity contribution in [2.24, 2.45) is 0 Å². The lowest BCUT2D eigenvalue weighted by molar-refractivity contribution is -0.136. The highest BCUT2D eigenvalue weighted by molar-refractivity contribution is 6.33. The van der Waals surface area contributed by atoms with Crippen molar-refractivity contribution >= 4 is 29.3 Å². The lowest BCUT2D eigenvalue weighted by Crippen LogP contribution is -2.62. The zero-order chi connectivity index (χ0) is 15.1. The minimum absolute atomic E-state index is 0.0150. The van der Waals surface area contributed by atoms with Crippen LogP contribution in [0.2, 0.25) is 5.02 Å². The molecule has 1 N–H and O–H groups in total. The Morgan fingerprint density at radius 2 is 2.10 bits per heavy atom. The molecule has 1 saturated heterocycles. The summed E-state index contributed by atoms with van der Waals surface area (Å²) in [7, 11) is 1.75. The van der Waals surface area contributed by atoms with Crippen LogP contribution in [0.25, 0.3) is 0 Å². The van der Waals surface area contributed by atoms with Crippen LogP contribution >= 0.6 is 11.6 Å². The van der Waals surface area contributed by atoms with Gasteiger partial charge in [-0.15, -0.1) is 0 Å². The van der Waals surface area contributed by atoms with Gasteiger partial charge in [0.2, 0.25) is 5.91 Å². The van der Waals surface area contributed by atoms with Gasteiger partial charge in [0.1, 0.15) is 11.4 Å². The van der Waals surface area contributed by atoms with E-state index in [1.165, 1.54) is 12.3 Å². The fourth-order valence-electron chi connectivity index (χ4n) is 2.35. The molecule has 2 heterocycles. The molecule has 7 heteroatoms. The third kappa shape index (κ3) is 2.31. The Morgan fingerprint density at radius 3 is 2.70 bits per heavy atom. The molecule has 0 unspecified atom stereocenters. The highest BCUT2D eigenvalue weighted by Crippen LogP contribution is 2.29. The first kappa shape index (κ1) is 14.6. The number of hydrogen-bond donors (Lipinski definition) is 1. The number of aromatic nitrogens is 1. The zero-order valence-corrected chi connectivity index (χ0v) is 12.3. The predicted molar refractivity (Wildman–Crippen MR) is 75.3 cm³/mol. The summed E-state index contributed by atoms with van der Waals surface area (Å²) >= 11 is 5.82. The molecule has 108 valence electrons. The fraction of sp³-hybridized carbons (Fsp3) is 0.462. The number of rotatable bonds is 2. The standard InChI is InChI=1S/C13H16ClN3O3/c1-13(2)12(20)16(3)4-5-17(13)10-6-8(11(18)19)9(14)7-15-10/h6-7H,4-5H2,1-3H3,(H,18,19). The summed E-state index contributed by atoms with van der Waals surface area (Å²) in [5.74, 6) is -0.701. The van der Waals surface area contributed by atoms with E-state index in [2.05, 4.69) is 4.98 Å². The van der Waals surface area contributed by atoms with Crippen LogP contribution in [0.1, 0.15) is 24.2 Å². The predicted octanol–water partition coefficient (Wildman–Crippen LogP) is 1.49. The van der Waals surface area contributed by atoms with Crippen LogP contribution in [0.4, 0.5) is 5.82 Å². The SMILES string of the molecule is CN1CCN(c2cc(C(=O)O)c(Cl)cn2)C(C)(C)C1=O. The van der Waals surface area contributed by atoms with Crippen molar-refractivity contribution in [3.63, 3.8) is 0 Å². The van der Waals surface area contributed by atoms with Crippen LogP contribution in [0.5, 0.6) is 0 Å². The molecule has 1 fully saturated rings. The average molecular weight is 298 g/mol. The summed E-state index contributed by atoms with van der Waals surface area (Å²) in [5, 5.41) is 9.19. The van der Waals surface area contributed by atoms with Gasteiger partial charge in [0, 0.05) is 26.3 Å². The smallest absolute Gasteiger partial charge is 0.337 e. The minimum atomic E-state index is -1.11. The van der Waals surface area contributed by atoms with E-state index in [0.29, 0.717) is 18.9 Å². The number of carboxylic acid groups (broad SMARTS) is 1. The minimum Gasteiger partial charge on any atom is -0.478 e. The first-order valence-electron chi connectivity index (χ1n) is 6.17. The van der Waals surface area contributed by atoms with Crippen molar-refractivity contribution in [1.29, 1.82) is 0 Å². The van der Waals surface area contributed by atoms with Crippen molar-refractivity contribution in [3.05, 3.63) is 22.8 Å². The third-order valence-electron chi connectivity index (χ3n) is 3.55. The summed E-state index contributed by atoms with van der Waals surface area (Å²) in [6.45, 7) is 4.74. The van der Waals surface area contributed by atoms with Crippen LogP contribution in [-0.2, 0) is 4.79 Å². The normalized spacial score (nSPS) is 18.3. The molecule has 1 amide bonds. The summed E-state index contributed by atoms with van der Waals surface area (Å²) in [6, 6.07) is 1.41. The maximum atomic E-state index is 12.2. The number of carbonyl (C=O) groups excluding carboxylic acids is 1. The Morgan fingerprint density at radius 1 is 1.45 bits per heavy atom. The summed E-state index contributed by atoms with van der Waals surface area (Å²) < 4.78 is 0. The number of hydrogen-bond acceptors (Lipinski definition) is 4. The number of amides is 1. The topological polar surface area (TPSA) is 73.7 Å². The molecule has 1 aliphatic heterocycles. The number of likely N-dealkylation sites (N-methyl/N-ethyl adjacent to an activating group) is 1. The van der Waals surface area contributed by atoms with Gasteiger partial charge in [-0.2, -0.15) is 0 Å². The first-order valence-corrected chi connectivity index (χ1v) is 6.55. The number of anilines is 1. The summed E-state index contributed by atoms with van der Waals surface area (Å²) in [4.78, 5) is 31.0. The van der Waals surface area contributed by atoms with Gasteiger partial charge < -0.3 is 14.9 Å². The van der Waals surface area contributed by atoms with Crippen LogP contribution in [-0.4, -0.2) is 52.5 Å². The van der Waals surface area contributed by atoms with Crippen molar-refractivity contribution < 1.29 is 14.7 Å².